The van der Waals surface area contributed by atoms with E-state index in [0.717, 1.165) is 16.7 Å². The maximum absolute atomic E-state index is 13.5. The topological polar surface area (TPSA) is 66.4 Å². The summed E-state index contributed by atoms with van der Waals surface area (Å²) in [6.07, 6.45) is -5.27. The van der Waals surface area contributed by atoms with Crippen LogP contribution in [0.2, 0.25) is 0 Å². The van der Waals surface area contributed by atoms with Gasteiger partial charge < -0.3 is 24.1 Å². The summed E-state index contributed by atoms with van der Waals surface area (Å²) >= 11 is 0. The Morgan fingerprint density at radius 3 is 1.62 bits per heavy atom. The van der Waals surface area contributed by atoms with E-state index in [2.05, 4.69) is 4.94 Å². The van der Waals surface area contributed by atoms with Crippen molar-refractivity contribution in [1.82, 2.24) is 0 Å². The van der Waals surface area contributed by atoms with Crippen LogP contribution in [-0.4, -0.2) is 42.4 Å². The molecule has 0 radical (unpaired) electrons. The monoisotopic (exact) mass is 468 g/mol. The lowest BCUT2D eigenvalue weighted by molar-refractivity contribution is -0.355. The van der Waals surface area contributed by atoms with Gasteiger partial charge in [0.25, 0.3) is 0 Å². The molecule has 6 nitrogen and oxygen atoms in total. The van der Waals surface area contributed by atoms with Gasteiger partial charge in [-0.25, -0.2) is 0 Å². The van der Waals surface area contributed by atoms with E-state index in [-0.39, 0.29) is 19.8 Å². The summed E-state index contributed by atoms with van der Waals surface area (Å²) in [6.45, 7) is 0.932. The van der Waals surface area contributed by atoms with Gasteiger partial charge in [0.15, 0.2) is 12.4 Å². The Labute approximate surface area is 198 Å². The molecule has 7 heteroatoms. The summed E-state index contributed by atoms with van der Waals surface area (Å²) in [5.74, 6) is 0. The highest BCUT2D eigenvalue weighted by molar-refractivity contribution is 5.15. The first-order valence-corrected chi connectivity index (χ1v) is 11.3. The highest BCUT2D eigenvalue weighted by Crippen LogP contribution is 2.29. The van der Waals surface area contributed by atoms with Gasteiger partial charge in [0.2, 0.25) is 0 Å². The van der Waals surface area contributed by atoms with E-state index in [1.165, 1.54) is 0 Å². The molecule has 3 aromatic carbocycles. The fourth-order valence-corrected chi connectivity index (χ4v) is 3.92. The minimum absolute atomic E-state index is 0.121. The highest BCUT2D eigenvalue weighted by atomic mass is 19.3. The van der Waals surface area contributed by atoms with Crippen LogP contribution in [-0.2, 0) is 43.7 Å². The maximum atomic E-state index is 13.5. The molecule has 3 aromatic rings. The van der Waals surface area contributed by atoms with E-state index in [0.29, 0.717) is 6.61 Å². The number of aliphatic hydroxyl groups is 1. The minimum Gasteiger partial charge on any atom is -0.374 e. The minimum atomic E-state index is -1.53. The van der Waals surface area contributed by atoms with Gasteiger partial charge in [-0.05, 0) is 21.2 Å². The van der Waals surface area contributed by atoms with E-state index in [1.807, 2.05) is 91.0 Å². The molecule has 1 fully saturated rings. The van der Waals surface area contributed by atoms with Gasteiger partial charge in [-0.3, -0.25) is 0 Å². The quantitative estimate of drug-likeness (QED) is 0.451. The number of hydrogen-bond donors (Lipinski definition) is 1. The second kappa shape index (κ2) is 12.7. The molecular weight excluding hydrogens is 439 g/mol. The van der Waals surface area contributed by atoms with Crippen molar-refractivity contribution in [2.75, 3.05) is 6.61 Å². The Balaban J connectivity index is 1.49. The first kappa shape index (κ1) is 24.5. The van der Waals surface area contributed by atoms with Gasteiger partial charge in [0.1, 0.15) is 18.3 Å². The molecule has 1 heterocycles. The van der Waals surface area contributed by atoms with E-state index < -0.39 is 30.7 Å². The zero-order valence-electron chi connectivity index (χ0n) is 18.7. The van der Waals surface area contributed by atoms with Gasteiger partial charge in [0, 0.05) is 0 Å². The van der Waals surface area contributed by atoms with Crippen LogP contribution >= 0.6 is 0 Å². The molecule has 34 heavy (non-hydrogen) atoms. The maximum Gasteiger partial charge on any atom is 0.187 e. The van der Waals surface area contributed by atoms with Crippen molar-refractivity contribution >= 4 is 0 Å². The number of ether oxygens (including phenoxy) is 4. The fraction of sp³-hybridized carbons (Fsp3) is 0.333. The zero-order valence-corrected chi connectivity index (χ0v) is 18.7. The summed E-state index contributed by atoms with van der Waals surface area (Å²) in [5.41, 5.74) is 2.85. The molecule has 0 spiro atoms. The fourth-order valence-electron chi connectivity index (χ4n) is 3.92. The Morgan fingerprint density at radius 2 is 1.12 bits per heavy atom. The van der Waals surface area contributed by atoms with Gasteiger partial charge in [0.05, 0.1) is 26.4 Å². The predicted molar refractivity (Wildman–Crippen MR) is 123 cm³/mol. The second-order valence-electron chi connectivity index (χ2n) is 8.14. The van der Waals surface area contributed by atoms with Crippen LogP contribution in [0.3, 0.4) is 0 Å². The van der Waals surface area contributed by atoms with Crippen LogP contribution < -0.4 is 0 Å². The molecule has 0 amide bonds. The van der Waals surface area contributed by atoms with Crippen LogP contribution in [0.25, 0.3) is 0 Å². The molecule has 4 rings (SSSR count). The molecule has 1 unspecified atom stereocenters. The Hall–Kier alpha value is -2.65. The van der Waals surface area contributed by atoms with E-state index >= 15 is 0 Å². The molecule has 1 saturated heterocycles. The molecule has 0 saturated carbocycles. The molecule has 1 aliphatic heterocycles. The number of benzene rings is 3. The van der Waals surface area contributed by atoms with Crippen molar-refractivity contribution in [3.63, 3.8) is 0 Å². The molecule has 180 valence electrons. The first-order chi connectivity index (χ1) is 16.7. The largest absolute Gasteiger partial charge is 0.374 e. The third-order valence-corrected chi connectivity index (χ3v) is 5.68. The van der Waals surface area contributed by atoms with Crippen molar-refractivity contribution in [1.29, 1.82) is 0 Å². The standard InChI is InChI=1S/C27H29FO6/c28-34-26-25(32-18-22-14-8-3-9-15-22)24(31-17-21-12-6-2-7-13-21)23(33-27(26)29)19-30-16-20-10-4-1-5-11-20/h1-15,23-27,29H,16-19H2/t23-,24-,25+,26-,27?/m1/s1. The van der Waals surface area contributed by atoms with Crippen molar-refractivity contribution in [3.05, 3.63) is 108 Å². The SMILES string of the molecule is OC1O[C@H](COCc2ccccc2)[C@@H](OCc2ccccc2)[C@H](OCc2ccccc2)[C@H]1OF. The average Bonchev–Trinajstić information content (AvgIpc) is 2.88. The van der Waals surface area contributed by atoms with Gasteiger partial charge in [-0.15, -0.1) is 0 Å². The third-order valence-electron chi connectivity index (χ3n) is 5.68. The zero-order chi connectivity index (χ0) is 23.6. The lowest BCUT2D eigenvalue weighted by atomic mass is 9.98. The number of hydrogen-bond acceptors (Lipinski definition) is 6. The van der Waals surface area contributed by atoms with Gasteiger partial charge in [-0.2, -0.15) is 4.94 Å². The van der Waals surface area contributed by atoms with Crippen LogP contribution in [0.4, 0.5) is 4.53 Å². The summed E-state index contributed by atoms with van der Waals surface area (Å²) in [4.78, 5) is 4.09. The normalized spacial score (nSPS) is 24.7. The lowest BCUT2D eigenvalue weighted by Gasteiger charge is -2.42. The molecule has 0 bridgehead atoms. The molecule has 5 atom stereocenters. The molecule has 0 aliphatic carbocycles. The van der Waals surface area contributed by atoms with Crippen molar-refractivity contribution in [3.8, 4) is 0 Å². The van der Waals surface area contributed by atoms with Crippen molar-refractivity contribution in [2.45, 2.75) is 50.5 Å². The number of aliphatic hydroxyl groups excluding tert-OH is 1. The number of rotatable bonds is 11. The Bertz CT molecular complexity index is 959. The summed E-state index contributed by atoms with van der Waals surface area (Å²) in [5, 5.41) is 10.4. The summed E-state index contributed by atoms with van der Waals surface area (Å²) < 4.78 is 37.3. The van der Waals surface area contributed by atoms with E-state index in [1.54, 1.807) is 0 Å². The highest BCUT2D eigenvalue weighted by Gasteiger charge is 2.48. The van der Waals surface area contributed by atoms with Crippen molar-refractivity contribution in [2.24, 2.45) is 0 Å². The van der Waals surface area contributed by atoms with Gasteiger partial charge >= 0.3 is 0 Å². The van der Waals surface area contributed by atoms with E-state index in [9.17, 15) is 9.63 Å². The molecular formula is C27H29FO6. The second-order valence-corrected chi connectivity index (χ2v) is 8.14. The van der Waals surface area contributed by atoms with Crippen LogP contribution in [0.15, 0.2) is 91.0 Å². The summed E-state index contributed by atoms with van der Waals surface area (Å²) in [7, 11) is 0. The molecule has 1 N–H and O–H groups in total. The first-order valence-electron chi connectivity index (χ1n) is 11.3. The Kier molecular flexibility index (Phi) is 9.15. The Morgan fingerprint density at radius 1 is 0.647 bits per heavy atom. The molecule has 0 aromatic heterocycles. The average molecular weight is 469 g/mol. The lowest BCUT2D eigenvalue weighted by Crippen LogP contribution is -2.60. The van der Waals surface area contributed by atoms with Crippen LogP contribution in [0, 0.1) is 0 Å². The smallest absolute Gasteiger partial charge is 0.187 e. The summed E-state index contributed by atoms with van der Waals surface area (Å²) in [6, 6.07) is 28.8. The third kappa shape index (κ3) is 6.70. The van der Waals surface area contributed by atoms with Crippen LogP contribution in [0.1, 0.15) is 16.7 Å². The van der Waals surface area contributed by atoms with E-state index in [4.69, 9.17) is 18.9 Å². The number of halogens is 1. The van der Waals surface area contributed by atoms with Crippen molar-refractivity contribution < 1.29 is 33.5 Å². The van der Waals surface area contributed by atoms with Gasteiger partial charge in [-0.1, -0.05) is 91.0 Å². The predicted octanol–water partition coefficient (Wildman–Crippen LogP) is 4.36. The molecule has 1 aliphatic rings. The van der Waals surface area contributed by atoms with Crippen LogP contribution in [0.5, 0.6) is 0 Å².